The molecule has 3 rings (SSSR count). The third-order valence-electron chi connectivity index (χ3n) is 4.21. The fourth-order valence-electron chi connectivity index (χ4n) is 2.81. The molecule has 1 aromatic carbocycles. The number of aromatic amines is 1. The van der Waals surface area contributed by atoms with Crippen LogP contribution < -0.4 is 16.0 Å². The number of halogens is 3. The van der Waals surface area contributed by atoms with Gasteiger partial charge in [-0.25, -0.2) is 4.79 Å². The van der Waals surface area contributed by atoms with Crippen LogP contribution in [0, 0.1) is 0 Å². The average molecular weight is 454 g/mol. The third kappa shape index (κ3) is 3.92. The molecule has 4 atom stereocenters. The topological polar surface area (TPSA) is 134 Å². The summed E-state index contributed by atoms with van der Waals surface area (Å²) in [6.45, 7) is -0.974. The summed E-state index contributed by atoms with van der Waals surface area (Å²) in [6, 6.07) is 4.46. The molecule has 2 heterocycles. The van der Waals surface area contributed by atoms with Crippen LogP contribution in [-0.2, 0) is 11.3 Å². The summed E-state index contributed by atoms with van der Waals surface area (Å²) in [5.74, 6) is 0.211. The van der Waals surface area contributed by atoms with Gasteiger partial charge in [0, 0.05) is 5.02 Å². The molecule has 0 saturated carbocycles. The molecular formula is C16H15Cl3N2O7. The second-order valence-corrected chi connectivity index (χ2v) is 7.20. The monoisotopic (exact) mass is 452 g/mol. The van der Waals surface area contributed by atoms with Crippen molar-refractivity contribution in [3.05, 3.63) is 59.8 Å². The zero-order chi connectivity index (χ0) is 20.6. The van der Waals surface area contributed by atoms with Crippen molar-refractivity contribution in [2.24, 2.45) is 0 Å². The SMILES string of the molecule is O=c1[nH]c(=O)n([C@@H]2O[C@H](CO)[C@@H](O)[C@H]2O)c(COc2ccc(Cl)cc2Cl)c1Cl. The molecule has 0 aliphatic carbocycles. The van der Waals surface area contributed by atoms with Crippen LogP contribution in [0.1, 0.15) is 11.9 Å². The van der Waals surface area contributed by atoms with Crippen LogP contribution in [0.3, 0.4) is 0 Å². The summed E-state index contributed by atoms with van der Waals surface area (Å²) in [4.78, 5) is 26.3. The Morgan fingerprint density at radius 2 is 1.89 bits per heavy atom. The van der Waals surface area contributed by atoms with E-state index in [9.17, 15) is 24.9 Å². The van der Waals surface area contributed by atoms with Crippen LogP contribution in [0.5, 0.6) is 5.75 Å². The molecule has 1 fully saturated rings. The van der Waals surface area contributed by atoms with E-state index in [2.05, 4.69) is 0 Å². The Balaban J connectivity index is 2.01. The van der Waals surface area contributed by atoms with Crippen molar-refractivity contribution < 1.29 is 24.8 Å². The molecule has 0 unspecified atom stereocenters. The van der Waals surface area contributed by atoms with Crippen LogP contribution in [-0.4, -0.2) is 49.8 Å². The van der Waals surface area contributed by atoms with Crippen molar-refractivity contribution in [2.75, 3.05) is 6.61 Å². The first-order valence-electron chi connectivity index (χ1n) is 7.98. The van der Waals surface area contributed by atoms with Crippen LogP contribution in [0.2, 0.25) is 15.1 Å². The molecule has 0 spiro atoms. The molecule has 0 bridgehead atoms. The van der Waals surface area contributed by atoms with E-state index in [0.29, 0.717) is 5.02 Å². The molecule has 28 heavy (non-hydrogen) atoms. The third-order valence-corrected chi connectivity index (χ3v) is 5.13. The van der Waals surface area contributed by atoms with E-state index in [1.807, 2.05) is 4.98 Å². The number of aliphatic hydroxyl groups excluding tert-OH is 3. The van der Waals surface area contributed by atoms with Gasteiger partial charge in [-0.3, -0.25) is 14.3 Å². The normalized spacial score (nSPS) is 24.5. The van der Waals surface area contributed by atoms with Crippen LogP contribution in [0.25, 0.3) is 0 Å². The molecule has 0 amide bonds. The Morgan fingerprint density at radius 3 is 2.50 bits per heavy atom. The summed E-state index contributed by atoms with van der Waals surface area (Å²) in [6.07, 6.45) is -5.55. The number of nitrogens with zero attached hydrogens (tertiary/aromatic N) is 1. The highest BCUT2D eigenvalue weighted by atomic mass is 35.5. The van der Waals surface area contributed by atoms with Gasteiger partial charge in [0.1, 0.15) is 35.7 Å². The van der Waals surface area contributed by atoms with Gasteiger partial charge in [-0.15, -0.1) is 0 Å². The van der Waals surface area contributed by atoms with Gasteiger partial charge in [0.2, 0.25) is 0 Å². The molecule has 1 saturated heterocycles. The minimum atomic E-state index is -1.56. The van der Waals surface area contributed by atoms with Crippen LogP contribution in [0.4, 0.5) is 0 Å². The smallest absolute Gasteiger partial charge is 0.330 e. The van der Waals surface area contributed by atoms with E-state index in [1.54, 1.807) is 0 Å². The first-order valence-corrected chi connectivity index (χ1v) is 9.11. The molecule has 1 aliphatic heterocycles. The van der Waals surface area contributed by atoms with Gasteiger partial charge in [0.25, 0.3) is 5.56 Å². The summed E-state index contributed by atoms with van der Waals surface area (Å²) < 4.78 is 11.8. The predicted octanol–water partition coefficient (Wildman–Crippen LogP) is 0.687. The van der Waals surface area contributed by atoms with E-state index in [-0.39, 0.29) is 28.1 Å². The molecule has 2 aromatic rings. The molecular weight excluding hydrogens is 439 g/mol. The van der Waals surface area contributed by atoms with Crippen LogP contribution in [0.15, 0.2) is 27.8 Å². The van der Waals surface area contributed by atoms with Crippen molar-refractivity contribution in [3.63, 3.8) is 0 Å². The van der Waals surface area contributed by atoms with Gasteiger partial charge in [0.15, 0.2) is 6.23 Å². The fraction of sp³-hybridized carbons (Fsp3) is 0.375. The Kier molecular flexibility index (Phi) is 6.35. The highest BCUT2D eigenvalue weighted by Crippen LogP contribution is 2.32. The quantitative estimate of drug-likeness (QED) is 0.523. The molecule has 152 valence electrons. The average Bonchev–Trinajstić information content (AvgIpc) is 2.92. The molecule has 1 aromatic heterocycles. The number of rotatable bonds is 5. The van der Waals surface area contributed by atoms with Gasteiger partial charge in [-0.2, -0.15) is 0 Å². The van der Waals surface area contributed by atoms with Crippen molar-refractivity contribution in [3.8, 4) is 5.75 Å². The van der Waals surface area contributed by atoms with Gasteiger partial charge in [-0.1, -0.05) is 34.8 Å². The summed E-state index contributed by atoms with van der Waals surface area (Å²) in [7, 11) is 0. The van der Waals surface area contributed by atoms with Crippen molar-refractivity contribution in [2.45, 2.75) is 31.1 Å². The summed E-state index contributed by atoms with van der Waals surface area (Å²) in [5.41, 5.74) is -1.92. The molecule has 9 nitrogen and oxygen atoms in total. The predicted molar refractivity (Wildman–Crippen MR) is 100 cm³/mol. The first-order chi connectivity index (χ1) is 13.2. The highest BCUT2D eigenvalue weighted by molar-refractivity contribution is 6.35. The number of hydrogen-bond acceptors (Lipinski definition) is 7. The first kappa shape index (κ1) is 21.1. The number of aliphatic hydroxyl groups is 3. The maximum absolute atomic E-state index is 12.4. The number of aromatic nitrogens is 2. The maximum Gasteiger partial charge on any atom is 0.330 e. The molecule has 0 radical (unpaired) electrons. The Hall–Kier alpha value is -1.59. The second kappa shape index (κ2) is 8.42. The summed E-state index contributed by atoms with van der Waals surface area (Å²) >= 11 is 17.9. The second-order valence-electron chi connectivity index (χ2n) is 5.98. The van der Waals surface area contributed by atoms with Gasteiger partial charge >= 0.3 is 5.69 Å². The number of hydrogen-bond donors (Lipinski definition) is 4. The van der Waals surface area contributed by atoms with Crippen molar-refractivity contribution in [1.82, 2.24) is 9.55 Å². The Labute approximate surface area is 172 Å². The zero-order valence-corrected chi connectivity index (χ0v) is 16.3. The van der Waals surface area contributed by atoms with E-state index in [0.717, 1.165) is 4.57 Å². The van der Waals surface area contributed by atoms with E-state index in [4.69, 9.17) is 44.3 Å². The lowest BCUT2D eigenvalue weighted by Crippen LogP contribution is -2.40. The zero-order valence-electron chi connectivity index (χ0n) is 14.0. The van der Waals surface area contributed by atoms with Gasteiger partial charge in [0.05, 0.1) is 17.3 Å². The maximum atomic E-state index is 12.4. The lowest BCUT2D eigenvalue weighted by Gasteiger charge is -2.22. The highest BCUT2D eigenvalue weighted by Gasteiger charge is 2.44. The van der Waals surface area contributed by atoms with E-state index >= 15 is 0 Å². The van der Waals surface area contributed by atoms with Crippen molar-refractivity contribution in [1.29, 1.82) is 0 Å². The van der Waals surface area contributed by atoms with E-state index < -0.39 is 42.4 Å². The number of ether oxygens (including phenoxy) is 2. The minimum Gasteiger partial charge on any atom is -0.486 e. The number of nitrogens with one attached hydrogen (secondary N) is 1. The minimum absolute atomic E-state index is 0.115. The largest absolute Gasteiger partial charge is 0.486 e. The fourth-order valence-corrected chi connectivity index (χ4v) is 3.46. The molecule has 4 N–H and O–H groups in total. The molecule has 1 aliphatic rings. The van der Waals surface area contributed by atoms with Gasteiger partial charge in [-0.05, 0) is 18.2 Å². The number of benzene rings is 1. The summed E-state index contributed by atoms with van der Waals surface area (Å²) in [5, 5.41) is 29.6. The Morgan fingerprint density at radius 1 is 1.18 bits per heavy atom. The van der Waals surface area contributed by atoms with Crippen LogP contribution >= 0.6 is 34.8 Å². The lowest BCUT2D eigenvalue weighted by atomic mass is 10.1. The van der Waals surface area contributed by atoms with Gasteiger partial charge < -0.3 is 24.8 Å². The number of H-pyrrole nitrogens is 1. The molecule has 12 heteroatoms. The van der Waals surface area contributed by atoms with Crippen molar-refractivity contribution >= 4 is 34.8 Å². The van der Waals surface area contributed by atoms with E-state index in [1.165, 1.54) is 18.2 Å². The Bertz CT molecular complexity index is 993. The standard InChI is InChI=1S/C16H15Cl3N2O7/c17-6-1-2-9(7(18)3-6)27-5-8-11(19)14(25)20-16(26)21(8)15-13(24)12(23)10(4-22)28-15/h1-3,10,12-13,15,22-24H,4-5H2,(H,20,25,26)/t10-,12-,13-,15-/m1/s1. The lowest BCUT2D eigenvalue weighted by molar-refractivity contribution is -0.0571.